The maximum Gasteiger partial charge on any atom is 0.132 e. The molecule has 50 heavy (non-hydrogen) atoms. The van der Waals surface area contributed by atoms with E-state index in [1.165, 1.54) is 33.4 Å². The average molecular weight is 643 g/mol. The van der Waals surface area contributed by atoms with Crippen LogP contribution in [-0.2, 0) is 11.8 Å². The van der Waals surface area contributed by atoms with Crippen LogP contribution in [0.3, 0.4) is 0 Å². The largest absolute Gasteiger partial charge is 0.457 e. The van der Waals surface area contributed by atoms with Gasteiger partial charge >= 0.3 is 0 Å². The Hall–Kier alpha value is -6.39. The van der Waals surface area contributed by atoms with Crippen LogP contribution >= 0.6 is 0 Å². The molecule has 236 valence electrons. The number of ether oxygens (including phenoxy) is 2. The molecule has 0 fully saturated rings. The van der Waals surface area contributed by atoms with Gasteiger partial charge in [0.05, 0.1) is 10.9 Å². The summed E-state index contributed by atoms with van der Waals surface area (Å²) in [5.41, 5.74) is 13.4. The molecule has 1 spiro atoms. The monoisotopic (exact) mass is 642 g/mol. The minimum atomic E-state index is -0.645. The van der Waals surface area contributed by atoms with E-state index in [0.29, 0.717) is 0 Å². The lowest BCUT2D eigenvalue weighted by Gasteiger charge is -2.45. The molecular weight excluding hydrogens is 613 g/mol. The molecule has 7 aromatic rings. The number of fused-ring (bicyclic) bond motifs is 11. The van der Waals surface area contributed by atoms with Crippen molar-refractivity contribution in [2.24, 2.45) is 4.99 Å². The Labute approximate surface area is 289 Å². The van der Waals surface area contributed by atoms with Crippen LogP contribution in [0.15, 0.2) is 151 Å². The van der Waals surface area contributed by atoms with Crippen LogP contribution in [-0.4, -0.2) is 10.8 Å². The fourth-order valence-electron chi connectivity index (χ4n) is 8.68. The van der Waals surface area contributed by atoms with Gasteiger partial charge in [0.15, 0.2) is 0 Å². The van der Waals surface area contributed by atoms with Gasteiger partial charge in [-0.1, -0.05) is 109 Å². The van der Waals surface area contributed by atoms with E-state index in [1.807, 2.05) is 12.4 Å². The third-order valence-corrected chi connectivity index (χ3v) is 10.8. The van der Waals surface area contributed by atoms with Crippen LogP contribution in [0.2, 0.25) is 0 Å². The quantitative estimate of drug-likeness (QED) is 0.192. The SMILES string of the molecule is C1=Cc2c(n(-c3ccccc3)c3c(-c4ccc5c(c4)Oc4ccccc4C54c5ccccc5Oc5cc(C6=CN=C6)ccc54)cccc23)CC1. The normalized spacial score (nSPS) is 17.4. The fourth-order valence-corrected chi connectivity index (χ4v) is 8.68. The molecule has 0 N–H and O–H groups in total. The second-order valence-corrected chi connectivity index (χ2v) is 13.4. The van der Waals surface area contributed by atoms with Gasteiger partial charge in [-0.05, 0) is 60.4 Å². The number of benzene rings is 6. The standard InChI is InChI=1S/C46H30N2O2/c1-2-11-32(12-3-1)48-40-18-7-4-13-34(40)35-15-10-14-33(45(35)48)30-22-24-39-44(26-30)50-42-20-9-6-17-37(42)46(39)36-16-5-8-19-41(36)49-43-25-29(21-23-38(43)46)31-27-47-28-31/h1-6,8-17,19-28H,7,18H2. The molecule has 4 aliphatic rings. The molecule has 4 heterocycles. The molecule has 3 aliphatic heterocycles. The molecule has 4 heteroatoms. The van der Waals surface area contributed by atoms with E-state index < -0.39 is 5.41 Å². The first-order valence-corrected chi connectivity index (χ1v) is 17.3. The fraction of sp³-hybridized carbons (Fsp3) is 0.0652. The van der Waals surface area contributed by atoms with Crippen molar-refractivity contribution in [3.05, 3.63) is 185 Å². The molecular formula is C46H30N2O2. The van der Waals surface area contributed by atoms with Crippen LogP contribution in [0.5, 0.6) is 23.0 Å². The topological polar surface area (TPSA) is 35.8 Å². The Morgan fingerprint density at radius 3 is 1.94 bits per heavy atom. The Kier molecular flexibility index (Phi) is 5.68. The molecule has 0 saturated heterocycles. The van der Waals surface area contributed by atoms with Crippen molar-refractivity contribution in [1.29, 1.82) is 0 Å². The zero-order valence-corrected chi connectivity index (χ0v) is 27.1. The molecule has 1 aromatic heterocycles. The Morgan fingerprint density at radius 2 is 1.24 bits per heavy atom. The highest BCUT2D eigenvalue weighted by Crippen LogP contribution is 2.62. The average Bonchev–Trinajstić information content (AvgIpc) is 3.49. The van der Waals surface area contributed by atoms with Gasteiger partial charge < -0.3 is 14.0 Å². The Morgan fingerprint density at radius 1 is 0.600 bits per heavy atom. The summed E-state index contributed by atoms with van der Waals surface area (Å²) in [6.45, 7) is 0. The van der Waals surface area contributed by atoms with E-state index in [4.69, 9.17) is 9.47 Å². The van der Waals surface area contributed by atoms with Gasteiger partial charge in [0, 0.05) is 68.1 Å². The zero-order chi connectivity index (χ0) is 32.8. The van der Waals surface area contributed by atoms with Gasteiger partial charge in [-0.2, -0.15) is 0 Å². The van der Waals surface area contributed by atoms with E-state index in [-0.39, 0.29) is 0 Å². The third kappa shape index (κ3) is 3.68. The van der Waals surface area contributed by atoms with Gasteiger partial charge in [-0.3, -0.25) is 4.99 Å². The van der Waals surface area contributed by atoms with Gasteiger partial charge in [0.1, 0.15) is 23.0 Å². The van der Waals surface area contributed by atoms with Crippen LogP contribution in [0.25, 0.3) is 39.4 Å². The minimum Gasteiger partial charge on any atom is -0.457 e. The summed E-state index contributed by atoms with van der Waals surface area (Å²) in [6, 6.07) is 47.8. The van der Waals surface area contributed by atoms with E-state index in [1.54, 1.807) is 0 Å². The summed E-state index contributed by atoms with van der Waals surface area (Å²) in [7, 11) is 0. The van der Waals surface area contributed by atoms with E-state index in [9.17, 15) is 0 Å². The molecule has 4 nitrogen and oxygen atoms in total. The number of hydrogen-bond donors (Lipinski definition) is 0. The number of hydrogen-bond acceptors (Lipinski definition) is 3. The number of aliphatic imine (C=N–C) groups is 1. The number of aromatic nitrogens is 1. The zero-order valence-electron chi connectivity index (χ0n) is 27.1. The Balaban J connectivity index is 1.18. The highest BCUT2D eigenvalue weighted by Gasteiger charge is 2.50. The number of rotatable bonds is 3. The highest BCUT2D eigenvalue weighted by atomic mass is 16.5. The lowest BCUT2D eigenvalue weighted by Crippen LogP contribution is -2.36. The maximum atomic E-state index is 6.91. The summed E-state index contributed by atoms with van der Waals surface area (Å²) in [5.74, 6) is 3.40. The first-order valence-electron chi connectivity index (χ1n) is 17.3. The van der Waals surface area contributed by atoms with E-state index in [2.05, 4.69) is 155 Å². The second-order valence-electron chi connectivity index (χ2n) is 13.4. The van der Waals surface area contributed by atoms with Gasteiger partial charge in [0.25, 0.3) is 0 Å². The van der Waals surface area contributed by atoms with E-state index in [0.717, 1.165) is 74.8 Å². The molecule has 1 aliphatic carbocycles. The molecule has 11 rings (SSSR count). The van der Waals surface area contributed by atoms with Crippen molar-refractivity contribution < 1.29 is 9.47 Å². The predicted molar refractivity (Wildman–Crippen MR) is 201 cm³/mol. The van der Waals surface area contributed by atoms with Gasteiger partial charge in [-0.15, -0.1) is 0 Å². The van der Waals surface area contributed by atoms with Crippen molar-refractivity contribution in [2.75, 3.05) is 0 Å². The van der Waals surface area contributed by atoms with Crippen molar-refractivity contribution >= 4 is 28.8 Å². The molecule has 0 amide bonds. The smallest absolute Gasteiger partial charge is 0.132 e. The summed E-state index contributed by atoms with van der Waals surface area (Å²) >= 11 is 0. The molecule has 1 unspecified atom stereocenters. The summed E-state index contributed by atoms with van der Waals surface area (Å²) < 4.78 is 16.1. The van der Waals surface area contributed by atoms with Crippen LogP contribution in [0, 0.1) is 0 Å². The lowest BCUT2D eigenvalue weighted by molar-refractivity contribution is 0.399. The maximum absolute atomic E-state index is 6.91. The Bertz CT molecular complexity index is 2650. The van der Waals surface area contributed by atoms with Crippen molar-refractivity contribution in [1.82, 2.24) is 4.57 Å². The molecule has 1 atom stereocenters. The van der Waals surface area contributed by atoms with Crippen LogP contribution in [0.1, 0.15) is 45.5 Å². The highest BCUT2D eigenvalue weighted by molar-refractivity contribution is 6.14. The predicted octanol–water partition coefficient (Wildman–Crippen LogP) is 11.3. The second kappa shape index (κ2) is 10.3. The minimum absolute atomic E-state index is 0.645. The number of allylic oxidation sites excluding steroid dienone is 2. The first-order chi connectivity index (χ1) is 24.8. The van der Waals surface area contributed by atoms with Gasteiger partial charge in [0.2, 0.25) is 0 Å². The molecule has 0 radical (unpaired) electrons. The molecule has 0 saturated carbocycles. The van der Waals surface area contributed by atoms with Crippen LogP contribution in [0.4, 0.5) is 0 Å². The van der Waals surface area contributed by atoms with Crippen molar-refractivity contribution in [3.63, 3.8) is 0 Å². The lowest BCUT2D eigenvalue weighted by atomic mass is 9.62. The number of para-hydroxylation sites is 4. The summed E-state index contributed by atoms with van der Waals surface area (Å²) in [6.07, 6.45) is 10.5. The van der Waals surface area contributed by atoms with Crippen molar-refractivity contribution in [2.45, 2.75) is 18.3 Å². The summed E-state index contributed by atoms with van der Waals surface area (Å²) in [5, 5.41) is 1.27. The molecule has 6 aromatic carbocycles. The van der Waals surface area contributed by atoms with Crippen LogP contribution < -0.4 is 9.47 Å². The van der Waals surface area contributed by atoms with Crippen molar-refractivity contribution in [3.8, 4) is 39.8 Å². The third-order valence-electron chi connectivity index (χ3n) is 10.8. The van der Waals surface area contributed by atoms with E-state index >= 15 is 0 Å². The first kappa shape index (κ1) is 27.5. The molecule has 0 bridgehead atoms. The number of nitrogens with zero attached hydrogens (tertiary/aromatic N) is 2. The van der Waals surface area contributed by atoms with Gasteiger partial charge in [-0.25, -0.2) is 0 Å². The summed E-state index contributed by atoms with van der Waals surface area (Å²) in [4.78, 5) is 4.21.